The maximum absolute atomic E-state index is 13.9. The quantitative estimate of drug-likeness (QED) is 0.882. The Kier molecular flexibility index (Phi) is 3.22. The summed E-state index contributed by atoms with van der Waals surface area (Å²) in [6, 6.07) is 5.71. The predicted molar refractivity (Wildman–Crippen MR) is 69.1 cm³/mol. The van der Waals surface area contributed by atoms with Crippen molar-refractivity contribution in [3.63, 3.8) is 0 Å². The largest absolute Gasteiger partial charge is 0.392 e. The molecule has 1 saturated carbocycles. The SMILES string of the molecule is OCc1cccc(F)c1N1CCN(C2CC2)CC1. The van der Waals surface area contributed by atoms with E-state index in [1.165, 1.54) is 18.9 Å². The zero-order chi connectivity index (χ0) is 12.5. The van der Waals surface area contributed by atoms with Crippen LogP contribution >= 0.6 is 0 Å². The molecule has 3 nitrogen and oxygen atoms in total. The van der Waals surface area contributed by atoms with Crippen LogP contribution in [-0.2, 0) is 6.61 Å². The molecule has 3 rings (SSSR count). The van der Waals surface area contributed by atoms with Gasteiger partial charge in [-0.2, -0.15) is 0 Å². The molecule has 0 amide bonds. The van der Waals surface area contributed by atoms with Crippen LogP contribution < -0.4 is 4.90 Å². The lowest BCUT2D eigenvalue weighted by Gasteiger charge is -2.37. The highest BCUT2D eigenvalue weighted by molar-refractivity contribution is 5.55. The van der Waals surface area contributed by atoms with E-state index in [4.69, 9.17) is 0 Å². The van der Waals surface area contributed by atoms with Gasteiger partial charge in [0.2, 0.25) is 0 Å². The molecular weight excluding hydrogens is 231 g/mol. The molecule has 1 aromatic carbocycles. The smallest absolute Gasteiger partial charge is 0.146 e. The van der Waals surface area contributed by atoms with E-state index in [9.17, 15) is 9.50 Å². The number of aliphatic hydroxyl groups is 1. The van der Waals surface area contributed by atoms with Crippen molar-refractivity contribution in [1.29, 1.82) is 0 Å². The van der Waals surface area contributed by atoms with Gasteiger partial charge in [-0.15, -0.1) is 0 Å². The van der Waals surface area contributed by atoms with Crippen molar-refractivity contribution in [3.8, 4) is 0 Å². The molecule has 1 aliphatic heterocycles. The van der Waals surface area contributed by atoms with Crippen LogP contribution in [0.1, 0.15) is 18.4 Å². The first-order valence-corrected chi connectivity index (χ1v) is 6.67. The number of hydrogen-bond acceptors (Lipinski definition) is 3. The number of halogens is 1. The molecule has 1 aromatic rings. The second-order valence-electron chi connectivity index (χ2n) is 5.16. The van der Waals surface area contributed by atoms with Gasteiger partial charge in [0.25, 0.3) is 0 Å². The van der Waals surface area contributed by atoms with Gasteiger partial charge in [0.15, 0.2) is 0 Å². The molecule has 0 bridgehead atoms. The Balaban J connectivity index is 1.75. The standard InChI is InChI=1S/C14H19FN2O/c15-13-3-1-2-11(10-18)14(13)17-8-6-16(7-9-17)12-4-5-12/h1-3,12,18H,4-10H2. The first-order valence-electron chi connectivity index (χ1n) is 6.67. The fourth-order valence-electron chi connectivity index (χ4n) is 2.79. The minimum absolute atomic E-state index is 0.101. The summed E-state index contributed by atoms with van der Waals surface area (Å²) in [6.07, 6.45) is 2.64. The normalized spacial score (nSPS) is 21.3. The van der Waals surface area contributed by atoms with E-state index >= 15 is 0 Å². The highest BCUT2D eigenvalue weighted by atomic mass is 19.1. The summed E-state index contributed by atoms with van der Waals surface area (Å²) in [5.41, 5.74) is 1.28. The van der Waals surface area contributed by atoms with Crippen molar-refractivity contribution in [1.82, 2.24) is 4.90 Å². The van der Waals surface area contributed by atoms with E-state index in [-0.39, 0.29) is 12.4 Å². The van der Waals surface area contributed by atoms with Crippen molar-refractivity contribution in [3.05, 3.63) is 29.6 Å². The molecule has 0 radical (unpaired) electrons. The van der Waals surface area contributed by atoms with E-state index in [1.54, 1.807) is 12.1 Å². The number of aliphatic hydroxyl groups excluding tert-OH is 1. The topological polar surface area (TPSA) is 26.7 Å². The summed E-state index contributed by atoms with van der Waals surface area (Å²) in [6.45, 7) is 3.61. The highest BCUT2D eigenvalue weighted by Gasteiger charge is 2.32. The number of nitrogens with zero attached hydrogens (tertiary/aromatic N) is 2. The lowest BCUT2D eigenvalue weighted by atomic mass is 10.1. The molecule has 1 saturated heterocycles. The summed E-state index contributed by atoms with van der Waals surface area (Å²) in [5, 5.41) is 9.32. The van der Waals surface area contributed by atoms with Crippen LogP contribution in [0.4, 0.5) is 10.1 Å². The number of rotatable bonds is 3. The first kappa shape index (κ1) is 11.9. The molecule has 1 heterocycles. The van der Waals surface area contributed by atoms with E-state index in [0.717, 1.165) is 32.2 Å². The molecule has 1 N–H and O–H groups in total. The summed E-state index contributed by atoms with van der Waals surface area (Å²) in [7, 11) is 0. The Bertz CT molecular complexity index is 426. The van der Waals surface area contributed by atoms with Crippen LogP contribution in [0.2, 0.25) is 0 Å². The van der Waals surface area contributed by atoms with Crippen molar-refractivity contribution in [2.75, 3.05) is 31.1 Å². The second kappa shape index (κ2) is 4.86. The molecule has 1 aliphatic carbocycles. The fourth-order valence-corrected chi connectivity index (χ4v) is 2.79. The molecule has 4 heteroatoms. The zero-order valence-electron chi connectivity index (χ0n) is 10.5. The van der Waals surface area contributed by atoms with Crippen LogP contribution in [0.15, 0.2) is 18.2 Å². The zero-order valence-corrected chi connectivity index (χ0v) is 10.5. The Morgan fingerprint density at radius 2 is 1.89 bits per heavy atom. The number of hydrogen-bond donors (Lipinski definition) is 1. The third kappa shape index (κ3) is 2.22. The lowest BCUT2D eigenvalue weighted by molar-refractivity contribution is 0.246. The Morgan fingerprint density at radius 1 is 1.17 bits per heavy atom. The van der Waals surface area contributed by atoms with E-state index in [1.807, 2.05) is 0 Å². The van der Waals surface area contributed by atoms with Crippen LogP contribution in [0.3, 0.4) is 0 Å². The molecule has 18 heavy (non-hydrogen) atoms. The molecular formula is C14H19FN2O. The fraction of sp³-hybridized carbons (Fsp3) is 0.571. The minimum atomic E-state index is -0.221. The average Bonchev–Trinajstić information content (AvgIpc) is 3.23. The number of para-hydroxylation sites is 1. The first-order chi connectivity index (χ1) is 8.79. The number of anilines is 1. The summed E-state index contributed by atoms with van der Waals surface area (Å²) in [4.78, 5) is 4.57. The van der Waals surface area contributed by atoms with Gasteiger partial charge in [-0.25, -0.2) is 4.39 Å². The lowest BCUT2D eigenvalue weighted by Crippen LogP contribution is -2.47. The van der Waals surface area contributed by atoms with Gasteiger partial charge in [-0.1, -0.05) is 12.1 Å². The van der Waals surface area contributed by atoms with Gasteiger partial charge in [0, 0.05) is 37.8 Å². The monoisotopic (exact) mass is 250 g/mol. The van der Waals surface area contributed by atoms with E-state index < -0.39 is 0 Å². The molecule has 0 atom stereocenters. The third-order valence-corrected chi connectivity index (χ3v) is 3.93. The summed E-state index contributed by atoms with van der Waals surface area (Å²) < 4.78 is 13.9. The Hall–Kier alpha value is -1.13. The Labute approximate surface area is 107 Å². The van der Waals surface area contributed by atoms with Crippen molar-refractivity contribution in [2.45, 2.75) is 25.5 Å². The van der Waals surface area contributed by atoms with Crippen molar-refractivity contribution >= 4 is 5.69 Å². The molecule has 98 valence electrons. The average molecular weight is 250 g/mol. The predicted octanol–water partition coefficient (Wildman–Crippen LogP) is 1.60. The minimum Gasteiger partial charge on any atom is -0.392 e. The molecule has 2 fully saturated rings. The maximum atomic E-state index is 13.9. The van der Waals surface area contributed by atoms with Crippen molar-refractivity contribution < 1.29 is 9.50 Å². The number of piperazine rings is 1. The van der Waals surface area contributed by atoms with E-state index in [0.29, 0.717) is 11.3 Å². The Morgan fingerprint density at radius 3 is 2.50 bits per heavy atom. The van der Waals surface area contributed by atoms with Gasteiger partial charge < -0.3 is 10.0 Å². The highest BCUT2D eigenvalue weighted by Crippen LogP contribution is 2.30. The molecule has 0 unspecified atom stereocenters. The molecule has 2 aliphatic rings. The van der Waals surface area contributed by atoms with Gasteiger partial charge in [0.1, 0.15) is 5.82 Å². The number of benzene rings is 1. The van der Waals surface area contributed by atoms with Crippen LogP contribution in [-0.4, -0.2) is 42.2 Å². The van der Waals surface area contributed by atoms with Crippen molar-refractivity contribution in [2.24, 2.45) is 0 Å². The van der Waals surface area contributed by atoms with Crippen LogP contribution in [0, 0.1) is 5.82 Å². The second-order valence-corrected chi connectivity index (χ2v) is 5.16. The van der Waals surface area contributed by atoms with Gasteiger partial charge in [-0.05, 0) is 18.9 Å². The van der Waals surface area contributed by atoms with Gasteiger partial charge in [0.05, 0.1) is 12.3 Å². The summed E-state index contributed by atoms with van der Waals surface area (Å²) >= 11 is 0. The molecule has 0 spiro atoms. The summed E-state index contributed by atoms with van der Waals surface area (Å²) in [5.74, 6) is -0.221. The van der Waals surface area contributed by atoms with Gasteiger partial charge >= 0.3 is 0 Å². The van der Waals surface area contributed by atoms with E-state index in [2.05, 4.69) is 9.80 Å². The maximum Gasteiger partial charge on any atom is 0.146 e. The third-order valence-electron chi connectivity index (χ3n) is 3.93. The van der Waals surface area contributed by atoms with Gasteiger partial charge in [-0.3, -0.25) is 4.90 Å². The molecule has 0 aromatic heterocycles. The van der Waals surface area contributed by atoms with Crippen LogP contribution in [0.25, 0.3) is 0 Å². The van der Waals surface area contributed by atoms with Crippen LogP contribution in [0.5, 0.6) is 0 Å².